The molecule has 0 spiro atoms. The molecule has 2 heterocycles. The molecule has 0 aliphatic carbocycles. The summed E-state index contributed by atoms with van der Waals surface area (Å²) in [6, 6.07) is 10.6. The predicted octanol–water partition coefficient (Wildman–Crippen LogP) is 1.95. The monoisotopic (exact) mass is 343 g/mol. The van der Waals surface area contributed by atoms with E-state index in [2.05, 4.69) is 17.0 Å². The van der Waals surface area contributed by atoms with Gasteiger partial charge in [0.2, 0.25) is 11.8 Å². The molecule has 2 aliphatic heterocycles. The number of nitrogens with two attached hydrogens (primary N) is 1. The van der Waals surface area contributed by atoms with Gasteiger partial charge in [-0.2, -0.15) is 0 Å². The second-order valence-electron chi connectivity index (χ2n) is 7.25. The van der Waals surface area contributed by atoms with Crippen molar-refractivity contribution in [2.24, 2.45) is 5.73 Å². The number of aryl methyl sites for hydroxylation is 1. The highest BCUT2D eigenvalue weighted by Gasteiger charge is 2.36. The van der Waals surface area contributed by atoms with Crippen LogP contribution in [-0.2, 0) is 16.0 Å². The first kappa shape index (κ1) is 17.9. The molecular formula is C20H29N3O2. The second-order valence-corrected chi connectivity index (χ2v) is 7.25. The number of primary amides is 1. The molecule has 1 aromatic carbocycles. The Balaban J connectivity index is 1.41. The van der Waals surface area contributed by atoms with E-state index in [9.17, 15) is 9.59 Å². The topological polar surface area (TPSA) is 66.6 Å². The fourth-order valence-electron chi connectivity index (χ4n) is 4.23. The number of nitrogens with zero attached hydrogens (tertiary/aromatic N) is 2. The second kappa shape index (κ2) is 8.48. The van der Waals surface area contributed by atoms with E-state index in [0.717, 1.165) is 58.2 Å². The van der Waals surface area contributed by atoms with Crippen molar-refractivity contribution in [1.29, 1.82) is 0 Å². The number of likely N-dealkylation sites (tertiary alicyclic amines) is 2. The van der Waals surface area contributed by atoms with Gasteiger partial charge in [0, 0.05) is 25.6 Å². The summed E-state index contributed by atoms with van der Waals surface area (Å²) in [6.07, 6.45) is 6.31. The summed E-state index contributed by atoms with van der Waals surface area (Å²) in [7, 11) is 0. The van der Waals surface area contributed by atoms with Crippen molar-refractivity contribution in [3.8, 4) is 0 Å². The van der Waals surface area contributed by atoms with Crippen molar-refractivity contribution in [1.82, 2.24) is 9.80 Å². The normalized spacial score (nSPS) is 22.2. The molecule has 1 aromatic rings. The first-order valence-corrected chi connectivity index (χ1v) is 9.52. The third-order valence-corrected chi connectivity index (χ3v) is 5.61. The molecule has 2 saturated heterocycles. The van der Waals surface area contributed by atoms with Crippen molar-refractivity contribution >= 4 is 11.8 Å². The van der Waals surface area contributed by atoms with Crippen LogP contribution in [0.3, 0.4) is 0 Å². The molecular weight excluding hydrogens is 314 g/mol. The van der Waals surface area contributed by atoms with Crippen LogP contribution in [-0.4, -0.2) is 53.3 Å². The molecule has 2 amide bonds. The minimum absolute atomic E-state index is 0.0990. The van der Waals surface area contributed by atoms with Crippen LogP contribution in [0.25, 0.3) is 0 Å². The Morgan fingerprint density at radius 1 is 1.04 bits per heavy atom. The molecule has 0 saturated carbocycles. The lowest BCUT2D eigenvalue weighted by atomic mass is 10.0. The molecule has 5 nitrogen and oxygen atoms in total. The van der Waals surface area contributed by atoms with Crippen molar-refractivity contribution in [2.45, 2.75) is 57.0 Å². The first-order valence-electron chi connectivity index (χ1n) is 9.52. The van der Waals surface area contributed by atoms with Crippen molar-refractivity contribution in [2.75, 3.05) is 19.6 Å². The van der Waals surface area contributed by atoms with Crippen LogP contribution in [0.15, 0.2) is 30.3 Å². The number of hydrogen-bond donors (Lipinski definition) is 1. The van der Waals surface area contributed by atoms with Crippen LogP contribution in [0.1, 0.15) is 44.1 Å². The van der Waals surface area contributed by atoms with Gasteiger partial charge in [-0.25, -0.2) is 0 Å². The summed E-state index contributed by atoms with van der Waals surface area (Å²) >= 11 is 0. The van der Waals surface area contributed by atoms with Crippen LogP contribution in [0.5, 0.6) is 0 Å². The van der Waals surface area contributed by atoms with Crippen LogP contribution < -0.4 is 5.73 Å². The van der Waals surface area contributed by atoms with Gasteiger partial charge in [-0.15, -0.1) is 0 Å². The Labute approximate surface area is 150 Å². The molecule has 0 aromatic heterocycles. The van der Waals surface area contributed by atoms with Gasteiger partial charge in [0.05, 0.1) is 6.04 Å². The van der Waals surface area contributed by atoms with E-state index >= 15 is 0 Å². The van der Waals surface area contributed by atoms with Gasteiger partial charge >= 0.3 is 0 Å². The molecule has 2 aliphatic rings. The van der Waals surface area contributed by atoms with Gasteiger partial charge in [0.25, 0.3) is 0 Å². The minimum Gasteiger partial charge on any atom is -0.368 e. The highest BCUT2D eigenvalue weighted by Crippen LogP contribution is 2.26. The van der Waals surface area contributed by atoms with Gasteiger partial charge < -0.3 is 10.6 Å². The maximum Gasteiger partial charge on any atom is 0.234 e. The van der Waals surface area contributed by atoms with E-state index in [0.29, 0.717) is 12.5 Å². The van der Waals surface area contributed by atoms with E-state index in [4.69, 9.17) is 5.73 Å². The number of piperidine rings is 1. The summed E-state index contributed by atoms with van der Waals surface area (Å²) in [5.41, 5.74) is 6.82. The molecule has 2 N–H and O–H groups in total. The van der Waals surface area contributed by atoms with Gasteiger partial charge in [0.15, 0.2) is 0 Å². The summed E-state index contributed by atoms with van der Waals surface area (Å²) < 4.78 is 0. The number of rotatable bonds is 6. The van der Waals surface area contributed by atoms with Crippen LogP contribution in [0, 0.1) is 0 Å². The molecule has 2 fully saturated rings. The van der Waals surface area contributed by atoms with Crippen molar-refractivity contribution < 1.29 is 9.59 Å². The molecule has 25 heavy (non-hydrogen) atoms. The lowest BCUT2D eigenvalue weighted by Gasteiger charge is -2.38. The predicted molar refractivity (Wildman–Crippen MR) is 97.9 cm³/mol. The summed E-state index contributed by atoms with van der Waals surface area (Å²) in [6.45, 7) is 2.57. The number of amides is 2. The van der Waals surface area contributed by atoms with Crippen molar-refractivity contribution in [3.63, 3.8) is 0 Å². The minimum atomic E-state index is -0.197. The number of carbonyl (C=O) groups excluding carboxylic acids is 2. The lowest BCUT2D eigenvalue weighted by Crippen LogP contribution is -2.51. The van der Waals surface area contributed by atoms with E-state index in [1.807, 2.05) is 23.1 Å². The zero-order valence-electron chi connectivity index (χ0n) is 14.9. The Morgan fingerprint density at radius 2 is 1.76 bits per heavy atom. The summed E-state index contributed by atoms with van der Waals surface area (Å²) in [5.74, 6) is 0.0687. The van der Waals surface area contributed by atoms with E-state index in [-0.39, 0.29) is 17.9 Å². The summed E-state index contributed by atoms with van der Waals surface area (Å²) in [4.78, 5) is 28.3. The van der Waals surface area contributed by atoms with Gasteiger partial charge in [-0.1, -0.05) is 30.3 Å². The average Bonchev–Trinajstić information content (AvgIpc) is 3.13. The first-order chi connectivity index (χ1) is 12.1. The van der Waals surface area contributed by atoms with Crippen LogP contribution in [0.4, 0.5) is 0 Å². The Bertz CT molecular complexity index is 582. The Kier molecular flexibility index (Phi) is 6.08. The molecule has 5 heteroatoms. The van der Waals surface area contributed by atoms with E-state index in [1.54, 1.807) is 0 Å². The molecule has 0 bridgehead atoms. The quantitative estimate of drug-likeness (QED) is 0.858. The van der Waals surface area contributed by atoms with E-state index < -0.39 is 0 Å². The smallest absolute Gasteiger partial charge is 0.234 e. The zero-order valence-corrected chi connectivity index (χ0v) is 14.9. The maximum atomic E-state index is 12.4. The number of carbonyl (C=O) groups is 2. The van der Waals surface area contributed by atoms with E-state index in [1.165, 1.54) is 5.56 Å². The Morgan fingerprint density at radius 3 is 2.44 bits per heavy atom. The fourth-order valence-corrected chi connectivity index (χ4v) is 4.23. The van der Waals surface area contributed by atoms with Crippen molar-refractivity contribution in [3.05, 3.63) is 35.9 Å². The summed E-state index contributed by atoms with van der Waals surface area (Å²) in [5, 5.41) is 0. The molecule has 1 unspecified atom stereocenters. The molecule has 136 valence electrons. The van der Waals surface area contributed by atoms with Crippen LogP contribution in [0.2, 0.25) is 0 Å². The third kappa shape index (κ3) is 4.60. The Hall–Kier alpha value is -1.88. The standard InChI is InChI=1S/C20H29N3O2/c21-20(25)18-9-5-13-23(18)17-11-14-22(15-12-17)19(24)10-4-8-16-6-2-1-3-7-16/h1-3,6-7,17-18H,4-5,8-15H2,(H2,21,25). The molecule has 1 atom stereocenters. The van der Waals surface area contributed by atoms with Gasteiger partial charge in [-0.05, 0) is 50.6 Å². The molecule has 0 radical (unpaired) electrons. The highest BCUT2D eigenvalue weighted by molar-refractivity contribution is 5.80. The van der Waals surface area contributed by atoms with Crippen LogP contribution >= 0.6 is 0 Å². The average molecular weight is 343 g/mol. The van der Waals surface area contributed by atoms with Gasteiger partial charge in [-0.3, -0.25) is 14.5 Å². The lowest BCUT2D eigenvalue weighted by molar-refractivity contribution is -0.133. The zero-order chi connectivity index (χ0) is 17.6. The fraction of sp³-hybridized carbons (Fsp3) is 0.600. The highest BCUT2D eigenvalue weighted by atomic mass is 16.2. The SMILES string of the molecule is NC(=O)C1CCCN1C1CCN(C(=O)CCCc2ccccc2)CC1. The largest absolute Gasteiger partial charge is 0.368 e. The molecule has 3 rings (SSSR count). The van der Waals surface area contributed by atoms with Gasteiger partial charge in [0.1, 0.15) is 0 Å². The number of hydrogen-bond acceptors (Lipinski definition) is 3. The number of benzene rings is 1. The third-order valence-electron chi connectivity index (χ3n) is 5.61. The maximum absolute atomic E-state index is 12.4.